The van der Waals surface area contributed by atoms with Crippen LogP contribution in [0.4, 0.5) is 0 Å². The monoisotopic (exact) mass is 182 g/mol. The van der Waals surface area contributed by atoms with Gasteiger partial charge in [-0.3, -0.25) is 4.68 Å². The smallest absolute Gasteiger partial charge is 0.0537 e. The summed E-state index contributed by atoms with van der Waals surface area (Å²) in [5.74, 6) is 0.361. The van der Waals surface area contributed by atoms with Crippen molar-refractivity contribution in [2.45, 2.75) is 32.8 Å². The van der Waals surface area contributed by atoms with Crippen molar-refractivity contribution < 1.29 is 5.11 Å². The molecule has 0 aliphatic carbocycles. The number of rotatable bonds is 4. The molecular weight excluding hydrogens is 164 g/mol. The Kier molecular flexibility index (Phi) is 3.48. The summed E-state index contributed by atoms with van der Waals surface area (Å²) in [6, 6.07) is 0. The minimum absolute atomic E-state index is 0.211. The van der Waals surface area contributed by atoms with Gasteiger partial charge in [-0.15, -0.1) is 0 Å². The standard InChI is InChI=1S/C10H18N2O/c1-8(9(2)13)4-5-10-6-11-12(3)7-10/h6-9,13H,4-5H2,1-3H3. The highest BCUT2D eigenvalue weighted by Crippen LogP contribution is 2.11. The number of aryl methyl sites for hydroxylation is 2. The highest BCUT2D eigenvalue weighted by atomic mass is 16.3. The average molecular weight is 182 g/mol. The summed E-state index contributed by atoms with van der Waals surface area (Å²) in [6.45, 7) is 3.91. The Balaban J connectivity index is 2.35. The quantitative estimate of drug-likeness (QED) is 0.763. The van der Waals surface area contributed by atoms with E-state index in [0.29, 0.717) is 5.92 Å². The van der Waals surface area contributed by atoms with E-state index >= 15 is 0 Å². The fourth-order valence-electron chi connectivity index (χ4n) is 1.24. The zero-order chi connectivity index (χ0) is 9.84. The van der Waals surface area contributed by atoms with Gasteiger partial charge in [-0.1, -0.05) is 6.92 Å². The number of aliphatic hydroxyl groups excluding tert-OH is 1. The van der Waals surface area contributed by atoms with E-state index in [2.05, 4.69) is 12.0 Å². The molecule has 0 fully saturated rings. The van der Waals surface area contributed by atoms with Gasteiger partial charge in [-0.05, 0) is 31.2 Å². The molecule has 1 N–H and O–H groups in total. The van der Waals surface area contributed by atoms with Crippen molar-refractivity contribution in [2.75, 3.05) is 0 Å². The maximum absolute atomic E-state index is 9.28. The van der Waals surface area contributed by atoms with Gasteiger partial charge in [0, 0.05) is 13.2 Å². The van der Waals surface area contributed by atoms with Crippen LogP contribution in [0, 0.1) is 5.92 Å². The van der Waals surface area contributed by atoms with Crippen LogP contribution in [-0.2, 0) is 13.5 Å². The number of hydrogen-bond donors (Lipinski definition) is 1. The summed E-state index contributed by atoms with van der Waals surface area (Å²) < 4.78 is 1.81. The summed E-state index contributed by atoms with van der Waals surface area (Å²) in [5, 5.41) is 13.4. The molecule has 1 aromatic rings. The van der Waals surface area contributed by atoms with E-state index in [1.807, 2.05) is 31.0 Å². The molecule has 1 heterocycles. The lowest BCUT2D eigenvalue weighted by Gasteiger charge is -2.12. The fourth-order valence-corrected chi connectivity index (χ4v) is 1.24. The maximum Gasteiger partial charge on any atom is 0.0537 e. The minimum Gasteiger partial charge on any atom is -0.393 e. The normalized spacial score (nSPS) is 15.7. The molecule has 2 atom stereocenters. The highest BCUT2D eigenvalue weighted by Gasteiger charge is 2.08. The highest BCUT2D eigenvalue weighted by molar-refractivity contribution is 5.03. The predicted molar refractivity (Wildman–Crippen MR) is 52.4 cm³/mol. The zero-order valence-electron chi connectivity index (χ0n) is 8.57. The van der Waals surface area contributed by atoms with E-state index in [1.165, 1.54) is 5.56 Å². The first-order chi connectivity index (χ1) is 6.09. The largest absolute Gasteiger partial charge is 0.393 e. The molecule has 13 heavy (non-hydrogen) atoms. The molecule has 3 nitrogen and oxygen atoms in total. The third-order valence-corrected chi connectivity index (χ3v) is 2.47. The van der Waals surface area contributed by atoms with Gasteiger partial charge < -0.3 is 5.11 Å². The predicted octanol–water partition coefficient (Wildman–Crippen LogP) is 1.37. The summed E-state index contributed by atoms with van der Waals surface area (Å²) in [6.07, 6.45) is 5.71. The van der Waals surface area contributed by atoms with E-state index in [-0.39, 0.29) is 6.10 Å². The van der Waals surface area contributed by atoms with Crippen LogP contribution in [0.25, 0.3) is 0 Å². The van der Waals surface area contributed by atoms with Crippen molar-refractivity contribution in [3.05, 3.63) is 18.0 Å². The van der Waals surface area contributed by atoms with Gasteiger partial charge in [0.1, 0.15) is 0 Å². The Bertz CT molecular complexity index is 255. The van der Waals surface area contributed by atoms with E-state index in [4.69, 9.17) is 0 Å². The molecule has 0 aliphatic heterocycles. The SMILES string of the molecule is CC(O)C(C)CCc1cnn(C)c1. The topological polar surface area (TPSA) is 38.1 Å². The molecule has 0 amide bonds. The molecule has 2 unspecified atom stereocenters. The first kappa shape index (κ1) is 10.3. The number of hydrogen-bond acceptors (Lipinski definition) is 2. The van der Waals surface area contributed by atoms with Gasteiger partial charge in [-0.2, -0.15) is 5.10 Å². The van der Waals surface area contributed by atoms with Crippen molar-refractivity contribution in [2.24, 2.45) is 13.0 Å². The molecule has 0 saturated heterocycles. The van der Waals surface area contributed by atoms with Gasteiger partial charge in [0.25, 0.3) is 0 Å². The Hall–Kier alpha value is -0.830. The fraction of sp³-hybridized carbons (Fsp3) is 0.700. The number of aromatic nitrogens is 2. The Labute approximate surface area is 79.4 Å². The van der Waals surface area contributed by atoms with Gasteiger partial charge in [0.2, 0.25) is 0 Å². The third-order valence-electron chi connectivity index (χ3n) is 2.47. The van der Waals surface area contributed by atoms with Crippen molar-refractivity contribution in [3.63, 3.8) is 0 Å². The second-order valence-corrected chi connectivity index (χ2v) is 3.78. The Morgan fingerprint density at radius 1 is 1.54 bits per heavy atom. The molecule has 1 aromatic heterocycles. The lowest BCUT2D eigenvalue weighted by molar-refractivity contribution is 0.130. The van der Waals surface area contributed by atoms with E-state index in [1.54, 1.807) is 0 Å². The van der Waals surface area contributed by atoms with E-state index in [9.17, 15) is 5.11 Å². The van der Waals surface area contributed by atoms with Crippen LogP contribution in [0.5, 0.6) is 0 Å². The van der Waals surface area contributed by atoms with Crippen molar-refractivity contribution in [1.82, 2.24) is 9.78 Å². The minimum atomic E-state index is -0.211. The maximum atomic E-state index is 9.28. The molecular formula is C10H18N2O. The van der Waals surface area contributed by atoms with Crippen LogP contribution in [0.1, 0.15) is 25.8 Å². The number of nitrogens with zero attached hydrogens (tertiary/aromatic N) is 2. The van der Waals surface area contributed by atoms with Gasteiger partial charge in [0.05, 0.1) is 12.3 Å². The summed E-state index contributed by atoms with van der Waals surface area (Å²) in [7, 11) is 1.92. The molecule has 0 bridgehead atoms. The van der Waals surface area contributed by atoms with Crippen LogP contribution >= 0.6 is 0 Å². The first-order valence-electron chi connectivity index (χ1n) is 4.75. The molecule has 74 valence electrons. The van der Waals surface area contributed by atoms with Gasteiger partial charge in [0.15, 0.2) is 0 Å². The molecule has 3 heteroatoms. The van der Waals surface area contributed by atoms with Crippen molar-refractivity contribution in [1.29, 1.82) is 0 Å². The summed E-state index contributed by atoms with van der Waals surface area (Å²) >= 11 is 0. The first-order valence-corrected chi connectivity index (χ1v) is 4.75. The number of aliphatic hydroxyl groups is 1. The second-order valence-electron chi connectivity index (χ2n) is 3.78. The van der Waals surface area contributed by atoms with E-state index < -0.39 is 0 Å². The Morgan fingerprint density at radius 3 is 2.69 bits per heavy atom. The van der Waals surface area contributed by atoms with Gasteiger partial charge >= 0.3 is 0 Å². The van der Waals surface area contributed by atoms with Crippen LogP contribution in [-0.4, -0.2) is 21.0 Å². The Morgan fingerprint density at radius 2 is 2.23 bits per heavy atom. The van der Waals surface area contributed by atoms with Crippen molar-refractivity contribution in [3.8, 4) is 0 Å². The second kappa shape index (κ2) is 4.42. The summed E-state index contributed by atoms with van der Waals surface area (Å²) in [5.41, 5.74) is 1.25. The van der Waals surface area contributed by atoms with Crippen LogP contribution < -0.4 is 0 Å². The van der Waals surface area contributed by atoms with Crippen LogP contribution in [0.2, 0.25) is 0 Å². The average Bonchev–Trinajstić information content (AvgIpc) is 2.47. The molecule has 0 saturated carbocycles. The lowest BCUT2D eigenvalue weighted by Crippen LogP contribution is -2.13. The third kappa shape index (κ3) is 3.19. The van der Waals surface area contributed by atoms with Crippen LogP contribution in [0.3, 0.4) is 0 Å². The van der Waals surface area contributed by atoms with Crippen LogP contribution in [0.15, 0.2) is 12.4 Å². The lowest BCUT2D eigenvalue weighted by atomic mass is 9.98. The molecule has 0 aliphatic rings. The molecule has 0 spiro atoms. The molecule has 0 radical (unpaired) electrons. The van der Waals surface area contributed by atoms with E-state index in [0.717, 1.165) is 12.8 Å². The van der Waals surface area contributed by atoms with Crippen molar-refractivity contribution >= 4 is 0 Å². The molecule has 1 rings (SSSR count). The molecule has 0 aromatic carbocycles. The summed E-state index contributed by atoms with van der Waals surface area (Å²) in [4.78, 5) is 0. The van der Waals surface area contributed by atoms with Gasteiger partial charge in [-0.25, -0.2) is 0 Å². The zero-order valence-corrected chi connectivity index (χ0v) is 8.57.